The number of hydrogen-bond donors (Lipinski definition) is 2. The van der Waals surface area contributed by atoms with Crippen molar-refractivity contribution in [2.45, 2.75) is 58.9 Å². The Hall–Kier alpha value is -5.18. The summed E-state index contributed by atoms with van der Waals surface area (Å²) < 4.78 is 15.0. The molecule has 4 aromatic rings. The van der Waals surface area contributed by atoms with Crippen molar-refractivity contribution >= 4 is 39.7 Å². The molecule has 240 valence electrons. The number of rotatable bonds is 7. The lowest BCUT2D eigenvalue weighted by Gasteiger charge is -2.42. The second-order valence-corrected chi connectivity index (χ2v) is 13.1. The Balaban J connectivity index is 1.56. The summed E-state index contributed by atoms with van der Waals surface area (Å²) >= 11 is 0. The van der Waals surface area contributed by atoms with Crippen molar-refractivity contribution < 1.29 is 29.0 Å². The number of aliphatic carboxylic acids is 1. The van der Waals surface area contributed by atoms with Gasteiger partial charge in [0.25, 0.3) is 0 Å². The van der Waals surface area contributed by atoms with Crippen molar-refractivity contribution in [3.8, 4) is 11.5 Å². The zero-order chi connectivity index (χ0) is 33.2. The van der Waals surface area contributed by atoms with Crippen LogP contribution in [0.4, 0.5) is 5.69 Å². The first-order valence-electron chi connectivity index (χ1n) is 16.1. The fraction of sp³-hybridized carbons (Fsp3) is 0.316. The summed E-state index contributed by atoms with van der Waals surface area (Å²) in [7, 11) is 0. The van der Waals surface area contributed by atoms with Gasteiger partial charge in [-0.05, 0) is 63.5 Å². The molecule has 0 spiro atoms. The first-order valence-corrected chi connectivity index (χ1v) is 16.1. The standard InChI is InChI=1S/C38H36N2O7/c1-5-40-29-19-31-27(17-25(29)21(2)20-38(40,3)4)35-34(37(45)47-31)33(23-11-6-7-12-24(23)36(43)44)26-16-22-10-8-14-39(15-9-13-32(41)42)28(22)18-30(26)46-35/h6-7,11-12,16-20H,5,8-10,13-15H2,1-4H3,(H-,41,42,43,44)/p+1. The van der Waals surface area contributed by atoms with E-state index in [1.807, 2.05) is 24.3 Å². The molecule has 7 rings (SSSR count). The molecule has 0 bridgehead atoms. The van der Waals surface area contributed by atoms with Gasteiger partial charge >= 0.3 is 17.6 Å². The third-order valence-electron chi connectivity index (χ3n) is 9.65. The molecule has 1 aromatic heterocycles. The molecule has 47 heavy (non-hydrogen) atoms. The summed E-state index contributed by atoms with van der Waals surface area (Å²) in [5.41, 5.74) is 4.77. The topological polar surface area (TPSA) is 120 Å². The van der Waals surface area contributed by atoms with E-state index >= 15 is 0 Å². The van der Waals surface area contributed by atoms with E-state index in [2.05, 4.69) is 43.2 Å². The number of hydrogen-bond acceptors (Lipinski definition) is 6. The highest BCUT2D eigenvalue weighted by Gasteiger charge is 2.34. The van der Waals surface area contributed by atoms with Crippen molar-refractivity contribution in [3.63, 3.8) is 0 Å². The molecule has 0 radical (unpaired) electrons. The summed E-state index contributed by atoms with van der Waals surface area (Å²) in [5, 5.41) is 21.6. The highest BCUT2D eigenvalue weighted by Crippen LogP contribution is 2.45. The van der Waals surface area contributed by atoms with Gasteiger partial charge in [-0.1, -0.05) is 24.3 Å². The van der Waals surface area contributed by atoms with Crippen LogP contribution in [0.2, 0.25) is 0 Å². The lowest BCUT2D eigenvalue weighted by Crippen LogP contribution is -2.44. The van der Waals surface area contributed by atoms with Crippen molar-refractivity contribution in [1.29, 1.82) is 0 Å². The van der Waals surface area contributed by atoms with Gasteiger partial charge < -0.3 is 24.3 Å². The fourth-order valence-electron chi connectivity index (χ4n) is 7.68. The highest BCUT2D eigenvalue weighted by molar-refractivity contribution is 6.02. The molecule has 3 aromatic carbocycles. The van der Waals surface area contributed by atoms with Gasteiger partial charge in [-0.15, -0.1) is 0 Å². The number of carboxylic acid groups (broad SMARTS) is 2. The molecule has 0 aliphatic carbocycles. The summed E-state index contributed by atoms with van der Waals surface area (Å²) in [6.07, 6.45) is 4.49. The van der Waals surface area contributed by atoms with Crippen molar-refractivity contribution in [2.75, 3.05) is 24.5 Å². The van der Waals surface area contributed by atoms with Crippen LogP contribution < -0.4 is 30.4 Å². The molecule has 3 aliphatic heterocycles. The maximum atomic E-state index is 14.1. The Kier molecular flexibility index (Phi) is 7.30. The van der Waals surface area contributed by atoms with E-state index in [1.165, 1.54) is 6.07 Å². The first kappa shape index (κ1) is 30.5. The fourth-order valence-corrected chi connectivity index (χ4v) is 7.68. The Morgan fingerprint density at radius 2 is 1.85 bits per heavy atom. The smallest absolute Gasteiger partial charge is 0.348 e. The second kappa shape index (κ2) is 11.3. The van der Waals surface area contributed by atoms with E-state index in [1.54, 1.807) is 18.2 Å². The van der Waals surface area contributed by atoms with Gasteiger partial charge in [0, 0.05) is 53.1 Å². The van der Waals surface area contributed by atoms with Crippen molar-refractivity contribution in [2.24, 2.45) is 0 Å². The molecule has 0 saturated carbocycles. The zero-order valence-electron chi connectivity index (χ0n) is 27.0. The normalized spacial score (nSPS) is 16.1. The third-order valence-corrected chi connectivity index (χ3v) is 9.65. The number of benzene rings is 3. The lowest BCUT2D eigenvalue weighted by atomic mass is 9.86. The highest BCUT2D eigenvalue weighted by atomic mass is 16.5. The summed E-state index contributed by atoms with van der Waals surface area (Å²) in [6.45, 7) is 10.6. The maximum absolute atomic E-state index is 14.1. The molecule has 3 aliphatic rings. The number of aromatic carboxylic acids is 1. The Bertz CT molecular complexity index is 2240. The van der Waals surface area contributed by atoms with Gasteiger partial charge in [-0.2, -0.15) is 0 Å². The Labute approximate surface area is 271 Å². The number of anilines is 1. The summed E-state index contributed by atoms with van der Waals surface area (Å²) in [5.74, 6) is -1.10. The maximum Gasteiger partial charge on any atom is 0.348 e. The molecule has 0 saturated heterocycles. The van der Waals surface area contributed by atoms with E-state index in [0.717, 1.165) is 53.7 Å². The minimum absolute atomic E-state index is 0.0684. The molecular formula is C38H37N2O7+. The molecule has 0 fully saturated rings. The van der Waals surface area contributed by atoms with Crippen LogP contribution in [0, 0.1) is 0 Å². The second-order valence-electron chi connectivity index (χ2n) is 13.1. The number of carbonyl (C=O) groups is 2. The predicted octanol–water partition coefficient (Wildman–Crippen LogP) is 5.17. The summed E-state index contributed by atoms with van der Waals surface area (Å²) in [4.78, 5) is 40.1. The van der Waals surface area contributed by atoms with Gasteiger partial charge in [0.15, 0.2) is 5.75 Å². The van der Waals surface area contributed by atoms with Crippen molar-refractivity contribution in [1.82, 2.24) is 4.58 Å². The first-order chi connectivity index (χ1) is 22.5. The predicted molar refractivity (Wildman–Crippen MR) is 180 cm³/mol. The molecule has 0 amide bonds. The van der Waals surface area contributed by atoms with Gasteiger partial charge in [0.1, 0.15) is 30.0 Å². The number of ether oxygens (including phenoxy) is 1. The number of fused-ring (bicyclic) bond motifs is 6. The minimum Gasteiger partial charge on any atom is -0.481 e. The third kappa shape index (κ3) is 5.01. The number of likely N-dealkylation sites (N-methyl/N-ethyl adjacent to an activating group) is 1. The van der Waals surface area contributed by atoms with Gasteiger partial charge in [-0.3, -0.25) is 4.79 Å². The molecule has 4 heterocycles. The van der Waals surface area contributed by atoms with E-state index < -0.39 is 17.6 Å². The monoisotopic (exact) mass is 633 g/mol. The SMILES string of the molecule is CCN1c2cc3oc(=O)c4c(c3cc2C(C)=CC1(C)C)Oc1cc2c(cc1=C4c1ccccc1C(=O)O)CCC[N+]=2CCCC(=O)O. The number of aryl methyl sites for hydroxylation is 1. The molecule has 0 unspecified atom stereocenters. The van der Waals surface area contributed by atoms with Crippen LogP contribution in [0.15, 0.2) is 63.8 Å². The quantitative estimate of drug-likeness (QED) is 0.186. The van der Waals surface area contributed by atoms with Crippen LogP contribution in [-0.2, 0) is 11.2 Å². The number of carboxylic acids is 2. The zero-order valence-corrected chi connectivity index (χ0v) is 27.0. The lowest BCUT2D eigenvalue weighted by molar-refractivity contribution is -0.137. The van der Waals surface area contributed by atoms with E-state index in [9.17, 15) is 24.6 Å². The van der Waals surface area contributed by atoms with Crippen LogP contribution in [0.1, 0.15) is 79.6 Å². The molecule has 9 nitrogen and oxygen atoms in total. The van der Waals surface area contributed by atoms with Crippen LogP contribution in [-0.4, -0.2) is 47.3 Å². The molecule has 9 heteroatoms. The average molecular weight is 634 g/mol. The minimum atomic E-state index is -1.10. The van der Waals surface area contributed by atoms with E-state index in [-0.39, 0.29) is 23.1 Å². The van der Waals surface area contributed by atoms with Crippen LogP contribution >= 0.6 is 0 Å². The van der Waals surface area contributed by atoms with Gasteiger partial charge in [0.05, 0.1) is 29.0 Å². The summed E-state index contributed by atoms with van der Waals surface area (Å²) in [6, 6.07) is 14.6. The molecule has 0 atom stereocenters. The van der Waals surface area contributed by atoms with E-state index in [0.29, 0.717) is 51.8 Å². The Morgan fingerprint density at radius 3 is 2.60 bits per heavy atom. The number of allylic oxidation sites excluding steroid dienone is 1. The van der Waals surface area contributed by atoms with E-state index in [4.69, 9.17) is 9.15 Å². The van der Waals surface area contributed by atoms with Crippen LogP contribution in [0.3, 0.4) is 0 Å². The number of nitrogens with zero attached hydrogens (tertiary/aromatic N) is 2. The van der Waals surface area contributed by atoms with Crippen LogP contribution in [0.25, 0.3) is 22.1 Å². The van der Waals surface area contributed by atoms with Crippen LogP contribution in [0.5, 0.6) is 11.5 Å². The molecular weight excluding hydrogens is 596 g/mol. The van der Waals surface area contributed by atoms with Gasteiger partial charge in [-0.25, -0.2) is 14.2 Å². The van der Waals surface area contributed by atoms with Crippen molar-refractivity contribution in [3.05, 3.63) is 103 Å². The largest absolute Gasteiger partial charge is 0.481 e. The average Bonchev–Trinajstić information content (AvgIpc) is 3.02. The Morgan fingerprint density at radius 1 is 1.06 bits per heavy atom. The molecule has 2 N–H and O–H groups in total. The van der Waals surface area contributed by atoms with Gasteiger partial charge in [0.2, 0.25) is 5.36 Å².